The van der Waals surface area contributed by atoms with Gasteiger partial charge in [0.1, 0.15) is 6.04 Å². The molecule has 0 spiro atoms. The number of rotatable bonds is 6. The Balaban J connectivity index is 2.32. The molecule has 82 valence electrons. The Morgan fingerprint density at radius 3 is 2.67 bits per heavy atom. The molecule has 4 nitrogen and oxygen atoms in total. The van der Waals surface area contributed by atoms with E-state index in [-0.39, 0.29) is 11.8 Å². The van der Waals surface area contributed by atoms with Crippen LogP contribution < -0.4 is 11.1 Å². The monoisotopic (exact) mass is 208 g/mol. The van der Waals surface area contributed by atoms with Crippen molar-refractivity contribution in [1.82, 2.24) is 5.32 Å². The molecule has 1 aliphatic rings. The lowest BCUT2D eigenvalue weighted by Gasteiger charge is -2.14. The number of hydrogen-bond donors (Lipinski definition) is 2. The first kappa shape index (κ1) is 11.6. The molecule has 1 aliphatic carbocycles. The van der Waals surface area contributed by atoms with Gasteiger partial charge in [-0.25, -0.2) is 0 Å². The van der Waals surface area contributed by atoms with Gasteiger partial charge in [0, 0.05) is 12.3 Å². The van der Waals surface area contributed by atoms with Crippen molar-refractivity contribution in [1.29, 1.82) is 0 Å². The van der Waals surface area contributed by atoms with Gasteiger partial charge in [0.05, 0.1) is 0 Å². The lowest BCUT2D eigenvalue weighted by Crippen LogP contribution is -2.44. The third kappa shape index (κ3) is 4.03. The van der Waals surface area contributed by atoms with Gasteiger partial charge in [-0.3, -0.25) is 9.59 Å². The highest BCUT2D eigenvalue weighted by atomic mass is 16.2. The first-order valence-corrected chi connectivity index (χ1v) is 5.18. The molecule has 1 rings (SSSR count). The molecular weight excluding hydrogens is 192 g/mol. The van der Waals surface area contributed by atoms with Crippen LogP contribution in [0.4, 0.5) is 0 Å². The van der Waals surface area contributed by atoms with Crippen molar-refractivity contribution in [2.75, 3.05) is 0 Å². The fourth-order valence-electron chi connectivity index (χ4n) is 1.33. The number of terminal acetylenes is 1. The molecule has 0 aromatic heterocycles. The zero-order valence-corrected chi connectivity index (χ0v) is 8.66. The smallest absolute Gasteiger partial charge is 0.240 e. The number of hydrogen-bond acceptors (Lipinski definition) is 2. The molecule has 0 bridgehead atoms. The van der Waals surface area contributed by atoms with Crippen LogP contribution in [-0.2, 0) is 9.59 Å². The Bertz CT molecular complexity index is 289. The van der Waals surface area contributed by atoms with Crippen molar-refractivity contribution >= 4 is 11.8 Å². The summed E-state index contributed by atoms with van der Waals surface area (Å²) < 4.78 is 0. The maximum absolute atomic E-state index is 11.4. The maximum atomic E-state index is 11.4. The van der Waals surface area contributed by atoms with E-state index in [1.54, 1.807) is 0 Å². The third-order valence-corrected chi connectivity index (χ3v) is 2.42. The summed E-state index contributed by atoms with van der Waals surface area (Å²) in [6.45, 7) is 0. The Morgan fingerprint density at radius 1 is 1.53 bits per heavy atom. The zero-order valence-electron chi connectivity index (χ0n) is 8.66. The van der Waals surface area contributed by atoms with Gasteiger partial charge in [0.15, 0.2) is 0 Å². The predicted molar refractivity (Wildman–Crippen MR) is 56.5 cm³/mol. The number of nitrogens with two attached hydrogens (primary N) is 1. The van der Waals surface area contributed by atoms with E-state index in [0.29, 0.717) is 19.3 Å². The number of carbonyl (C=O) groups excluding carboxylic acids is 2. The first-order valence-electron chi connectivity index (χ1n) is 5.18. The summed E-state index contributed by atoms with van der Waals surface area (Å²) in [5, 5.41) is 2.66. The van der Waals surface area contributed by atoms with Crippen LogP contribution in [0.2, 0.25) is 0 Å². The highest BCUT2D eigenvalue weighted by Crippen LogP contribution is 2.28. The van der Waals surface area contributed by atoms with Crippen molar-refractivity contribution in [3.05, 3.63) is 0 Å². The number of carbonyl (C=O) groups is 2. The van der Waals surface area contributed by atoms with E-state index in [9.17, 15) is 9.59 Å². The summed E-state index contributed by atoms with van der Waals surface area (Å²) in [7, 11) is 0. The summed E-state index contributed by atoms with van der Waals surface area (Å²) in [6.07, 6.45) is 8.76. The second kappa shape index (κ2) is 5.40. The van der Waals surface area contributed by atoms with Gasteiger partial charge in [-0.05, 0) is 25.7 Å². The topological polar surface area (TPSA) is 72.2 Å². The van der Waals surface area contributed by atoms with E-state index in [4.69, 9.17) is 12.2 Å². The Labute approximate surface area is 89.6 Å². The Hall–Kier alpha value is -1.50. The number of unbranched alkanes of at least 4 members (excludes halogenated alkanes) is 1. The van der Waals surface area contributed by atoms with E-state index in [0.717, 1.165) is 12.8 Å². The van der Waals surface area contributed by atoms with Gasteiger partial charge in [0.2, 0.25) is 11.8 Å². The molecule has 1 fully saturated rings. The average molecular weight is 208 g/mol. The summed E-state index contributed by atoms with van der Waals surface area (Å²) in [5.74, 6) is 2.04. The fourth-order valence-corrected chi connectivity index (χ4v) is 1.33. The van der Waals surface area contributed by atoms with Crippen LogP contribution in [0.25, 0.3) is 0 Å². The fraction of sp³-hybridized carbons (Fsp3) is 0.636. The molecule has 3 N–H and O–H groups in total. The minimum absolute atomic E-state index is 0.0560. The number of primary amides is 1. The molecule has 0 aromatic carbocycles. The molecule has 4 heteroatoms. The number of nitrogens with one attached hydrogen (secondary N) is 1. The molecule has 0 heterocycles. The Kier molecular flexibility index (Phi) is 4.17. The normalized spacial score (nSPS) is 16.5. The van der Waals surface area contributed by atoms with Crippen molar-refractivity contribution < 1.29 is 9.59 Å². The molecular formula is C11H16N2O2. The second-order valence-corrected chi connectivity index (χ2v) is 3.83. The lowest BCUT2D eigenvalue weighted by molar-refractivity contribution is -0.128. The molecule has 1 atom stereocenters. The minimum Gasteiger partial charge on any atom is -0.368 e. The van der Waals surface area contributed by atoms with Crippen LogP contribution in [0.3, 0.4) is 0 Å². The van der Waals surface area contributed by atoms with Gasteiger partial charge >= 0.3 is 0 Å². The van der Waals surface area contributed by atoms with E-state index >= 15 is 0 Å². The van der Waals surface area contributed by atoms with E-state index in [1.807, 2.05) is 0 Å². The van der Waals surface area contributed by atoms with Crippen LogP contribution in [0.15, 0.2) is 0 Å². The van der Waals surface area contributed by atoms with Crippen LogP contribution in [0.1, 0.15) is 32.1 Å². The highest BCUT2D eigenvalue weighted by Gasteiger charge is 2.31. The molecule has 0 saturated heterocycles. The van der Waals surface area contributed by atoms with E-state index < -0.39 is 11.9 Å². The third-order valence-electron chi connectivity index (χ3n) is 2.42. The summed E-state index contributed by atoms with van der Waals surface area (Å²) in [4.78, 5) is 22.4. The van der Waals surface area contributed by atoms with Crippen molar-refractivity contribution in [3.8, 4) is 12.3 Å². The van der Waals surface area contributed by atoms with Gasteiger partial charge < -0.3 is 11.1 Å². The van der Waals surface area contributed by atoms with Crippen LogP contribution in [0, 0.1) is 18.3 Å². The molecule has 1 saturated carbocycles. The van der Waals surface area contributed by atoms with Crippen LogP contribution >= 0.6 is 0 Å². The van der Waals surface area contributed by atoms with E-state index in [1.165, 1.54) is 0 Å². The van der Waals surface area contributed by atoms with Gasteiger partial charge in [-0.1, -0.05) is 0 Å². The SMILES string of the molecule is C#CCCC[C@@H](NC(=O)C1CC1)C(N)=O. The largest absolute Gasteiger partial charge is 0.368 e. The van der Waals surface area contributed by atoms with Crippen LogP contribution in [0.5, 0.6) is 0 Å². The summed E-state index contributed by atoms with van der Waals surface area (Å²) >= 11 is 0. The second-order valence-electron chi connectivity index (χ2n) is 3.83. The Morgan fingerprint density at radius 2 is 2.20 bits per heavy atom. The lowest BCUT2D eigenvalue weighted by atomic mass is 10.1. The quantitative estimate of drug-likeness (QED) is 0.482. The molecule has 15 heavy (non-hydrogen) atoms. The van der Waals surface area contributed by atoms with Crippen molar-refractivity contribution in [3.63, 3.8) is 0 Å². The summed E-state index contributed by atoms with van der Waals surface area (Å²) in [6, 6.07) is -0.563. The molecule has 0 aromatic rings. The van der Waals surface area contributed by atoms with Crippen molar-refractivity contribution in [2.45, 2.75) is 38.1 Å². The van der Waals surface area contributed by atoms with E-state index in [2.05, 4.69) is 11.2 Å². The highest BCUT2D eigenvalue weighted by molar-refractivity contribution is 5.88. The van der Waals surface area contributed by atoms with Gasteiger partial charge in [-0.2, -0.15) is 0 Å². The summed E-state index contributed by atoms with van der Waals surface area (Å²) in [5.41, 5.74) is 5.18. The van der Waals surface area contributed by atoms with Crippen LogP contribution in [-0.4, -0.2) is 17.9 Å². The minimum atomic E-state index is -0.563. The maximum Gasteiger partial charge on any atom is 0.240 e. The standard InChI is InChI=1S/C11H16N2O2/c1-2-3-4-5-9(10(12)14)13-11(15)8-6-7-8/h1,8-9H,3-7H2,(H2,12,14)(H,13,15)/t9-/m1/s1. The average Bonchev–Trinajstić information content (AvgIpc) is 2.99. The van der Waals surface area contributed by atoms with Gasteiger partial charge in [0.25, 0.3) is 0 Å². The van der Waals surface area contributed by atoms with Gasteiger partial charge in [-0.15, -0.1) is 12.3 Å². The first-order chi connectivity index (χ1) is 7.15. The zero-order chi connectivity index (χ0) is 11.3. The molecule has 0 aliphatic heterocycles. The van der Waals surface area contributed by atoms with Crippen molar-refractivity contribution in [2.24, 2.45) is 11.7 Å². The molecule has 2 amide bonds. The molecule has 0 radical (unpaired) electrons. The molecule has 0 unspecified atom stereocenters. The predicted octanol–water partition coefficient (Wildman–Crippen LogP) is 0.170. The number of amides is 2.